The molecule has 1 aliphatic rings. The fraction of sp³-hybridized carbons (Fsp3) is 0.500. The zero-order chi connectivity index (χ0) is 14.2. The number of nitrogens with zero attached hydrogens (tertiary/aromatic N) is 1. The largest absolute Gasteiger partial charge is 0.416 e. The Bertz CT molecular complexity index is 463. The van der Waals surface area contributed by atoms with Crippen molar-refractivity contribution in [2.24, 2.45) is 5.92 Å². The van der Waals surface area contributed by atoms with E-state index in [-0.39, 0.29) is 11.9 Å². The smallest absolute Gasteiger partial charge is 0.339 e. The van der Waals surface area contributed by atoms with Crippen molar-refractivity contribution in [1.29, 1.82) is 0 Å². The molecule has 0 radical (unpaired) electrons. The van der Waals surface area contributed by atoms with E-state index in [1.54, 1.807) is 11.9 Å². The van der Waals surface area contributed by atoms with E-state index in [0.717, 1.165) is 25.0 Å². The van der Waals surface area contributed by atoms with Gasteiger partial charge in [0, 0.05) is 18.7 Å². The first-order valence-electron chi connectivity index (χ1n) is 6.25. The third-order valence-electron chi connectivity index (χ3n) is 3.69. The standard InChI is InChI=1S/C14H16F3NO/c1-9(10-3-4-10)18(2)13(19)11-5-7-12(8-6-11)14(15,16)17/h5-10H,3-4H2,1-2H3. The number of carbonyl (C=O) groups excluding carboxylic acids is 1. The Hall–Kier alpha value is -1.52. The first kappa shape index (κ1) is 13.9. The lowest BCUT2D eigenvalue weighted by Crippen LogP contribution is -2.36. The SMILES string of the molecule is CC(C1CC1)N(C)C(=O)c1ccc(C(F)(F)F)cc1. The first-order chi connectivity index (χ1) is 8.80. The molecule has 5 heteroatoms. The zero-order valence-corrected chi connectivity index (χ0v) is 10.9. The second kappa shape index (κ2) is 4.87. The van der Waals surface area contributed by atoms with Gasteiger partial charge in [0.1, 0.15) is 0 Å². The van der Waals surface area contributed by atoms with Crippen LogP contribution in [0.4, 0.5) is 13.2 Å². The van der Waals surface area contributed by atoms with Crippen molar-refractivity contribution >= 4 is 5.91 Å². The van der Waals surface area contributed by atoms with Crippen LogP contribution in [-0.2, 0) is 6.18 Å². The molecule has 0 saturated heterocycles. The normalized spacial score (nSPS) is 17.1. The van der Waals surface area contributed by atoms with Crippen molar-refractivity contribution in [3.63, 3.8) is 0 Å². The minimum Gasteiger partial charge on any atom is -0.339 e. The highest BCUT2D eigenvalue weighted by atomic mass is 19.4. The van der Waals surface area contributed by atoms with Gasteiger partial charge in [0.2, 0.25) is 0 Å². The van der Waals surface area contributed by atoms with Crippen molar-refractivity contribution in [3.05, 3.63) is 35.4 Å². The van der Waals surface area contributed by atoms with Crippen LogP contribution < -0.4 is 0 Å². The summed E-state index contributed by atoms with van der Waals surface area (Å²) < 4.78 is 37.3. The van der Waals surface area contributed by atoms with E-state index in [9.17, 15) is 18.0 Å². The molecule has 0 aliphatic heterocycles. The van der Waals surface area contributed by atoms with E-state index in [2.05, 4.69) is 0 Å². The average molecular weight is 271 g/mol. The lowest BCUT2D eigenvalue weighted by Gasteiger charge is -2.25. The molecule has 1 amide bonds. The van der Waals surface area contributed by atoms with Gasteiger partial charge in [0.15, 0.2) is 0 Å². The second-order valence-corrected chi connectivity index (χ2v) is 5.07. The molecule has 2 nitrogen and oxygen atoms in total. The van der Waals surface area contributed by atoms with Gasteiger partial charge in [-0.1, -0.05) is 0 Å². The van der Waals surface area contributed by atoms with Gasteiger partial charge in [-0.15, -0.1) is 0 Å². The molecule has 0 heterocycles. The molecule has 1 fully saturated rings. The van der Waals surface area contributed by atoms with Crippen molar-refractivity contribution in [2.45, 2.75) is 32.0 Å². The summed E-state index contributed by atoms with van der Waals surface area (Å²) >= 11 is 0. The summed E-state index contributed by atoms with van der Waals surface area (Å²) in [4.78, 5) is 13.7. The average Bonchev–Trinajstić information content (AvgIpc) is 3.19. The van der Waals surface area contributed by atoms with Crippen molar-refractivity contribution < 1.29 is 18.0 Å². The third kappa shape index (κ3) is 3.08. The van der Waals surface area contributed by atoms with Gasteiger partial charge in [-0.2, -0.15) is 13.2 Å². The van der Waals surface area contributed by atoms with Gasteiger partial charge < -0.3 is 4.90 Å². The lowest BCUT2D eigenvalue weighted by atomic mass is 10.1. The Morgan fingerprint density at radius 3 is 2.21 bits per heavy atom. The van der Waals surface area contributed by atoms with Crippen LogP contribution in [0.15, 0.2) is 24.3 Å². The van der Waals surface area contributed by atoms with Crippen molar-refractivity contribution in [1.82, 2.24) is 4.90 Å². The predicted molar refractivity (Wildman–Crippen MR) is 65.7 cm³/mol. The number of amides is 1. The molecule has 2 rings (SSSR count). The number of hydrogen-bond donors (Lipinski definition) is 0. The molecular formula is C14H16F3NO. The van der Waals surface area contributed by atoms with E-state index in [0.29, 0.717) is 11.5 Å². The second-order valence-electron chi connectivity index (χ2n) is 5.07. The Morgan fingerprint density at radius 1 is 1.26 bits per heavy atom. The number of rotatable bonds is 3. The lowest BCUT2D eigenvalue weighted by molar-refractivity contribution is -0.137. The third-order valence-corrected chi connectivity index (χ3v) is 3.69. The zero-order valence-electron chi connectivity index (χ0n) is 10.9. The summed E-state index contributed by atoms with van der Waals surface area (Å²) in [6, 6.07) is 4.50. The van der Waals surface area contributed by atoms with Crippen LogP contribution >= 0.6 is 0 Å². The topological polar surface area (TPSA) is 20.3 Å². The summed E-state index contributed by atoms with van der Waals surface area (Å²) in [6.45, 7) is 1.97. The van der Waals surface area contributed by atoms with Gasteiger partial charge in [-0.05, 0) is 49.9 Å². The van der Waals surface area contributed by atoms with Crippen LogP contribution in [0, 0.1) is 5.92 Å². The predicted octanol–water partition coefficient (Wildman–Crippen LogP) is 3.58. The highest BCUT2D eigenvalue weighted by molar-refractivity contribution is 5.94. The van der Waals surface area contributed by atoms with Gasteiger partial charge in [0.05, 0.1) is 5.56 Å². The van der Waals surface area contributed by atoms with Crippen LogP contribution in [-0.4, -0.2) is 23.9 Å². The van der Waals surface area contributed by atoms with Gasteiger partial charge >= 0.3 is 6.18 Å². The molecular weight excluding hydrogens is 255 g/mol. The summed E-state index contributed by atoms with van der Waals surface area (Å²) in [6.07, 6.45) is -2.13. The molecule has 1 aromatic rings. The van der Waals surface area contributed by atoms with E-state index in [1.165, 1.54) is 12.1 Å². The van der Waals surface area contributed by atoms with Crippen LogP contribution in [0.5, 0.6) is 0 Å². The van der Waals surface area contributed by atoms with Crippen LogP contribution in [0.2, 0.25) is 0 Å². The summed E-state index contributed by atoms with van der Waals surface area (Å²) in [5.74, 6) is 0.302. The Balaban J connectivity index is 2.11. The molecule has 0 bridgehead atoms. The molecule has 104 valence electrons. The number of benzene rings is 1. The molecule has 1 atom stereocenters. The van der Waals surface area contributed by atoms with E-state index in [4.69, 9.17) is 0 Å². The van der Waals surface area contributed by atoms with Gasteiger partial charge in [-0.25, -0.2) is 0 Å². The molecule has 1 saturated carbocycles. The number of halogens is 3. The van der Waals surface area contributed by atoms with E-state index >= 15 is 0 Å². The summed E-state index contributed by atoms with van der Waals surface area (Å²) in [5.41, 5.74) is -0.440. The van der Waals surface area contributed by atoms with E-state index in [1.807, 2.05) is 6.92 Å². The first-order valence-corrected chi connectivity index (χ1v) is 6.25. The maximum Gasteiger partial charge on any atom is 0.416 e. The highest BCUT2D eigenvalue weighted by Gasteiger charge is 2.33. The van der Waals surface area contributed by atoms with Gasteiger partial charge in [0.25, 0.3) is 5.91 Å². The summed E-state index contributed by atoms with van der Waals surface area (Å²) in [7, 11) is 1.70. The Morgan fingerprint density at radius 2 is 1.79 bits per heavy atom. The maximum atomic E-state index is 12.4. The van der Waals surface area contributed by atoms with Crippen LogP contribution in [0.3, 0.4) is 0 Å². The van der Waals surface area contributed by atoms with Crippen LogP contribution in [0.1, 0.15) is 35.7 Å². The Labute approximate surface area is 110 Å². The number of alkyl halides is 3. The quantitative estimate of drug-likeness (QED) is 0.823. The minimum atomic E-state index is -4.37. The molecule has 0 aromatic heterocycles. The monoisotopic (exact) mass is 271 g/mol. The number of carbonyl (C=O) groups is 1. The minimum absolute atomic E-state index is 0.134. The highest BCUT2D eigenvalue weighted by Crippen LogP contribution is 2.35. The van der Waals surface area contributed by atoms with Crippen molar-refractivity contribution in [3.8, 4) is 0 Å². The van der Waals surface area contributed by atoms with Crippen LogP contribution in [0.25, 0.3) is 0 Å². The van der Waals surface area contributed by atoms with E-state index < -0.39 is 11.7 Å². The molecule has 1 aliphatic carbocycles. The number of hydrogen-bond acceptors (Lipinski definition) is 1. The van der Waals surface area contributed by atoms with Gasteiger partial charge in [-0.3, -0.25) is 4.79 Å². The fourth-order valence-corrected chi connectivity index (χ4v) is 2.09. The molecule has 19 heavy (non-hydrogen) atoms. The molecule has 1 aromatic carbocycles. The van der Waals surface area contributed by atoms with Crippen molar-refractivity contribution in [2.75, 3.05) is 7.05 Å². The summed E-state index contributed by atoms with van der Waals surface area (Å²) in [5, 5.41) is 0. The Kier molecular flexibility index (Phi) is 3.56. The molecule has 1 unspecified atom stereocenters. The molecule has 0 spiro atoms. The molecule has 0 N–H and O–H groups in total. The fourth-order valence-electron chi connectivity index (χ4n) is 2.09. The maximum absolute atomic E-state index is 12.4.